The van der Waals surface area contributed by atoms with E-state index in [1.807, 2.05) is 55.7 Å². The summed E-state index contributed by atoms with van der Waals surface area (Å²) in [4.78, 5) is 9.99. The van der Waals surface area contributed by atoms with Crippen molar-refractivity contribution in [3.63, 3.8) is 0 Å². The highest BCUT2D eigenvalue weighted by atomic mass is 32.1. The minimum atomic E-state index is -0.0392. The van der Waals surface area contributed by atoms with E-state index in [1.54, 1.807) is 26.9 Å². The molecule has 8 heteroatoms. The van der Waals surface area contributed by atoms with Crippen molar-refractivity contribution in [1.29, 1.82) is 0 Å². The van der Waals surface area contributed by atoms with Gasteiger partial charge in [-0.3, -0.25) is 0 Å². The van der Waals surface area contributed by atoms with E-state index < -0.39 is 0 Å². The van der Waals surface area contributed by atoms with Crippen molar-refractivity contribution in [2.75, 3.05) is 0 Å². The van der Waals surface area contributed by atoms with Gasteiger partial charge in [-0.2, -0.15) is 10.2 Å². The second-order valence-corrected chi connectivity index (χ2v) is 7.64. The van der Waals surface area contributed by atoms with Crippen LogP contribution in [0.2, 0.25) is 0 Å². The summed E-state index contributed by atoms with van der Waals surface area (Å²) in [5.41, 5.74) is 3.76. The largest absolute Gasteiger partial charge is 0.489 e. The molecule has 4 aromatic heterocycles. The van der Waals surface area contributed by atoms with E-state index in [1.165, 1.54) is 6.33 Å². The Hall–Kier alpha value is -3.52. The third kappa shape index (κ3) is 3.62. The molecule has 0 spiro atoms. The molecule has 0 N–H and O–H groups in total. The number of hydrogen-bond acceptors (Lipinski definition) is 6. The number of ether oxygens (including phenoxy) is 1. The van der Waals surface area contributed by atoms with Gasteiger partial charge in [0.25, 0.3) is 0 Å². The van der Waals surface area contributed by atoms with Crippen LogP contribution in [0.15, 0.2) is 72.9 Å². The van der Waals surface area contributed by atoms with E-state index in [2.05, 4.69) is 26.6 Å². The van der Waals surface area contributed by atoms with Gasteiger partial charge in [-0.15, -0.1) is 11.3 Å². The number of thiophene rings is 1. The van der Waals surface area contributed by atoms with Crippen molar-refractivity contribution < 1.29 is 4.74 Å². The van der Waals surface area contributed by atoms with Gasteiger partial charge >= 0.3 is 0 Å². The molecular weight excluding hydrogens is 384 g/mol. The number of aromatic nitrogens is 6. The van der Waals surface area contributed by atoms with Gasteiger partial charge in [-0.25, -0.2) is 19.2 Å². The molecule has 0 aliphatic carbocycles. The Balaban J connectivity index is 1.43. The molecule has 29 heavy (non-hydrogen) atoms. The fraction of sp³-hybridized carbons (Fsp3) is 0.143. The number of fused-ring (bicyclic) bond motifs is 1. The maximum atomic E-state index is 6.07. The van der Waals surface area contributed by atoms with Crippen molar-refractivity contribution in [2.45, 2.75) is 19.6 Å². The van der Waals surface area contributed by atoms with Gasteiger partial charge in [0, 0.05) is 16.6 Å². The smallest absolute Gasteiger partial charge is 0.164 e. The Labute approximate surface area is 171 Å². The van der Waals surface area contributed by atoms with E-state index in [0.29, 0.717) is 6.54 Å². The molecule has 0 saturated heterocycles. The van der Waals surface area contributed by atoms with Crippen LogP contribution >= 0.6 is 11.3 Å². The van der Waals surface area contributed by atoms with E-state index in [4.69, 9.17) is 9.72 Å². The number of nitrogens with zero attached hydrogens (tertiary/aromatic N) is 6. The minimum absolute atomic E-state index is 0.0392. The first-order chi connectivity index (χ1) is 14.3. The molecule has 1 atom stereocenters. The lowest BCUT2D eigenvalue weighted by molar-refractivity contribution is 0.194. The first kappa shape index (κ1) is 17.6. The summed E-state index contributed by atoms with van der Waals surface area (Å²) in [5.74, 6) is 0.795. The quantitative estimate of drug-likeness (QED) is 0.426. The molecule has 5 aromatic rings. The fourth-order valence-corrected chi connectivity index (χ4v) is 3.96. The third-order valence-electron chi connectivity index (χ3n) is 4.53. The molecule has 0 aliphatic rings. The van der Waals surface area contributed by atoms with Crippen LogP contribution in [0.3, 0.4) is 0 Å². The van der Waals surface area contributed by atoms with Crippen LogP contribution in [-0.2, 0) is 6.54 Å². The molecule has 5 rings (SSSR count). The average Bonchev–Trinajstić information content (AvgIpc) is 3.49. The van der Waals surface area contributed by atoms with Crippen molar-refractivity contribution in [3.8, 4) is 27.4 Å². The van der Waals surface area contributed by atoms with E-state index in [-0.39, 0.29) is 6.10 Å². The van der Waals surface area contributed by atoms with Crippen molar-refractivity contribution in [2.24, 2.45) is 0 Å². The van der Waals surface area contributed by atoms with Crippen LogP contribution in [0.5, 0.6) is 5.75 Å². The van der Waals surface area contributed by atoms with Crippen LogP contribution in [0.1, 0.15) is 6.92 Å². The van der Waals surface area contributed by atoms with Crippen molar-refractivity contribution in [3.05, 3.63) is 72.9 Å². The molecule has 0 bridgehead atoms. The van der Waals surface area contributed by atoms with Gasteiger partial charge in [0.05, 0.1) is 24.0 Å². The minimum Gasteiger partial charge on any atom is -0.489 e. The van der Waals surface area contributed by atoms with Gasteiger partial charge in [0.2, 0.25) is 0 Å². The third-order valence-corrected chi connectivity index (χ3v) is 5.44. The number of hydrogen-bond donors (Lipinski definition) is 0. The SMILES string of the molecule is C[C@@H](Cn1cncn1)Oc1cccc(-c2ccn3ncc(-c4cccs4)c3n2)c1. The standard InChI is InChI=1S/C21H18N6OS/c1-15(12-26-14-22-13-24-26)28-17-5-2-4-16(10-17)19-7-8-27-21(25-19)18(11-23-27)20-6-3-9-29-20/h2-11,13-15H,12H2,1H3/t15-/m0/s1. The van der Waals surface area contributed by atoms with Crippen molar-refractivity contribution in [1.82, 2.24) is 29.4 Å². The summed E-state index contributed by atoms with van der Waals surface area (Å²) in [6.07, 6.45) is 6.98. The van der Waals surface area contributed by atoms with Gasteiger partial charge in [-0.05, 0) is 36.6 Å². The molecular formula is C21H18N6OS. The highest BCUT2D eigenvalue weighted by molar-refractivity contribution is 7.13. The Morgan fingerprint density at radius 3 is 2.93 bits per heavy atom. The predicted octanol–water partition coefficient (Wildman–Crippen LogP) is 4.18. The first-order valence-corrected chi connectivity index (χ1v) is 10.1. The molecule has 4 heterocycles. The summed E-state index contributed by atoms with van der Waals surface area (Å²) >= 11 is 1.68. The first-order valence-electron chi connectivity index (χ1n) is 9.24. The lowest BCUT2D eigenvalue weighted by atomic mass is 10.1. The Morgan fingerprint density at radius 2 is 2.10 bits per heavy atom. The van der Waals surface area contributed by atoms with Crippen LogP contribution in [0.25, 0.3) is 27.3 Å². The Bertz CT molecular complexity index is 1230. The molecule has 144 valence electrons. The van der Waals surface area contributed by atoms with E-state index >= 15 is 0 Å². The monoisotopic (exact) mass is 402 g/mol. The molecule has 0 aliphatic heterocycles. The summed E-state index contributed by atoms with van der Waals surface area (Å²) < 4.78 is 9.64. The molecule has 1 aromatic carbocycles. The molecule has 0 fully saturated rings. The highest BCUT2D eigenvalue weighted by Crippen LogP contribution is 2.29. The fourth-order valence-electron chi connectivity index (χ4n) is 3.22. The second kappa shape index (κ2) is 7.48. The Kier molecular flexibility index (Phi) is 4.53. The summed E-state index contributed by atoms with van der Waals surface area (Å²) in [6.45, 7) is 2.65. The maximum absolute atomic E-state index is 6.07. The number of rotatable bonds is 6. The molecule has 0 saturated carbocycles. The Morgan fingerprint density at radius 1 is 1.14 bits per heavy atom. The van der Waals surface area contributed by atoms with Crippen molar-refractivity contribution >= 4 is 17.0 Å². The summed E-state index contributed by atoms with van der Waals surface area (Å²) in [5, 5.41) is 10.6. The van der Waals surface area contributed by atoms with Crippen LogP contribution in [0, 0.1) is 0 Å². The summed E-state index contributed by atoms with van der Waals surface area (Å²) in [6, 6.07) is 14.1. The molecule has 7 nitrogen and oxygen atoms in total. The van der Waals surface area contributed by atoms with E-state index in [0.717, 1.165) is 33.1 Å². The lowest BCUT2D eigenvalue weighted by Gasteiger charge is -2.15. The topological polar surface area (TPSA) is 70.1 Å². The zero-order valence-electron chi connectivity index (χ0n) is 15.7. The zero-order chi connectivity index (χ0) is 19.6. The normalized spacial score (nSPS) is 12.3. The lowest BCUT2D eigenvalue weighted by Crippen LogP contribution is -2.19. The number of benzene rings is 1. The average molecular weight is 402 g/mol. The predicted molar refractivity (Wildman–Crippen MR) is 112 cm³/mol. The van der Waals surface area contributed by atoms with Crippen LogP contribution < -0.4 is 4.74 Å². The second-order valence-electron chi connectivity index (χ2n) is 6.69. The van der Waals surface area contributed by atoms with Crippen LogP contribution in [0.4, 0.5) is 0 Å². The van der Waals surface area contributed by atoms with Gasteiger partial charge in [0.1, 0.15) is 24.5 Å². The van der Waals surface area contributed by atoms with E-state index in [9.17, 15) is 0 Å². The highest BCUT2D eigenvalue weighted by Gasteiger charge is 2.12. The summed E-state index contributed by atoms with van der Waals surface area (Å²) in [7, 11) is 0. The van der Waals surface area contributed by atoms with Crippen LogP contribution in [-0.4, -0.2) is 35.5 Å². The van der Waals surface area contributed by atoms with Gasteiger partial charge in [-0.1, -0.05) is 18.2 Å². The van der Waals surface area contributed by atoms with Gasteiger partial charge < -0.3 is 4.74 Å². The zero-order valence-corrected chi connectivity index (χ0v) is 16.5. The maximum Gasteiger partial charge on any atom is 0.164 e. The molecule has 0 radical (unpaired) electrons. The molecule has 0 amide bonds. The van der Waals surface area contributed by atoms with Gasteiger partial charge in [0.15, 0.2) is 5.65 Å². The molecule has 0 unspecified atom stereocenters.